The number of rotatable bonds is 3. The van der Waals surface area contributed by atoms with Gasteiger partial charge in [0.2, 0.25) is 0 Å². The van der Waals surface area contributed by atoms with E-state index in [0.717, 1.165) is 0 Å². The summed E-state index contributed by atoms with van der Waals surface area (Å²) in [5.74, 6) is -1.08. The molecular weight excluding hydrogens is 233 g/mol. The molecule has 0 heterocycles. The fourth-order valence-electron chi connectivity index (χ4n) is 0.215. The van der Waals surface area contributed by atoms with Gasteiger partial charge in [-0.15, -0.1) is 0 Å². The second-order valence-corrected chi connectivity index (χ2v) is 5.17. The van der Waals surface area contributed by atoms with E-state index in [1.165, 1.54) is 0 Å². The Bertz CT molecular complexity index is 237. The number of carbonyl (C=O) groups excluding carboxylic acids is 1. The summed E-state index contributed by atoms with van der Waals surface area (Å²) in [4.78, 5) is 10.6. The minimum Gasteiger partial charge on any atom is -0.398 e. The average molecular weight is 237 g/mol. The van der Waals surface area contributed by atoms with Crippen LogP contribution in [-0.4, -0.2) is 5.97 Å². The van der Waals surface area contributed by atoms with Crippen LogP contribution in [0.3, 0.4) is 0 Å². The van der Waals surface area contributed by atoms with Crippen molar-refractivity contribution in [3.63, 3.8) is 0 Å². The van der Waals surface area contributed by atoms with Gasteiger partial charge in [0.15, 0.2) is 7.15 Å². The van der Waals surface area contributed by atoms with Crippen LogP contribution < -0.4 is 0 Å². The molecule has 2 unspecified atom stereocenters. The van der Waals surface area contributed by atoms with E-state index < -0.39 is 25.8 Å². The van der Waals surface area contributed by atoms with E-state index in [0.29, 0.717) is 0 Å². The molecular formula is C3H4Cl2O4P2. The average Bonchev–Trinajstić information content (AvgIpc) is 1.84. The van der Waals surface area contributed by atoms with Crippen molar-refractivity contribution >= 4 is 43.0 Å². The summed E-state index contributed by atoms with van der Waals surface area (Å²) in [5.41, 5.74) is 0. The van der Waals surface area contributed by atoms with Gasteiger partial charge >= 0.3 is 13.3 Å². The van der Waals surface area contributed by atoms with E-state index in [1.54, 1.807) is 0 Å². The van der Waals surface area contributed by atoms with Crippen molar-refractivity contribution < 1.29 is 18.4 Å². The molecule has 8 heteroatoms. The van der Waals surface area contributed by atoms with Crippen molar-refractivity contribution in [2.75, 3.05) is 0 Å². The van der Waals surface area contributed by atoms with E-state index in [1.807, 2.05) is 0 Å². The van der Waals surface area contributed by atoms with Gasteiger partial charge in [-0.25, -0.2) is 4.79 Å². The smallest absolute Gasteiger partial charge is 0.347 e. The Morgan fingerprint density at radius 1 is 1.36 bits per heavy atom. The monoisotopic (exact) mass is 236 g/mol. The standard InChI is InChI=1S/C3H4Cl2O4P2/c1-2(10(4)7)3(6)9-11(5)8/h10-11H,1H2. The number of hydrogen-bond acceptors (Lipinski definition) is 4. The molecule has 2 atom stereocenters. The molecule has 0 aliphatic heterocycles. The summed E-state index contributed by atoms with van der Waals surface area (Å²) in [6, 6.07) is 0. The van der Waals surface area contributed by atoms with E-state index in [-0.39, 0.29) is 0 Å². The van der Waals surface area contributed by atoms with Crippen LogP contribution in [-0.2, 0) is 18.4 Å². The summed E-state index contributed by atoms with van der Waals surface area (Å²) in [6.07, 6.45) is 0. The molecule has 0 aromatic rings. The molecule has 0 saturated heterocycles. The van der Waals surface area contributed by atoms with Crippen molar-refractivity contribution in [3.8, 4) is 0 Å². The van der Waals surface area contributed by atoms with Gasteiger partial charge in [-0.3, -0.25) is 4.57 Å². The summed E-state index contributed by atoms with van der Waals surface area (Å²) in [6.45, 7) is 3.05. The molecule has 64 valence electrons. The molecule has 0 radical (unpaired) electrons. The van der Waals surface area contributed by atoms with Gasteiger partial charge in [0.1, 0.15) is 5.31 Å². The molecule has 0 aliphatic carbocycles. The van der Waals surface area contributed by atoms with Crippen molar-refractivity contribution in [2.24, 2.45) is 0 Å². The first kappa shape index (κ1) is 11.2. The zero-order chi connectivity index (χ0) is 9.02. The summed E-state index contributed by atoms with van der Waals surface area (Å²) >= 11 is 9.87. The Balaban J connectivity index is 4.16. The molecule has 4 nitrogen and oxygen atoms in total. The Morgan fingerprint density at radius 3 is 2.09 bits per heavy atom. The molecule has 0 saturated carbocycles. The number of halogens is 2. The van der Waals surface area contributed by atoms with Crippen molar-refractivity contribution in [1.29, 1.82) is 0 Å². The fourth-order valence-corrected chi connectivity index (χ4v) is 1.24. The zero-order valence-electron chi connectivity index (χ0n) is 5.10. The Hall–Kier alpha value is 0.250. The fraction of sp³-hybridized carbons (Fsp3) is 0. The Kier molecular flexibility index (Phi) is 5.11. The van der Waals surface area contributed by atoms with E-state index >= 15 is 0 Å². The van der Waals surface area contributed by atoms with Crippen LogP contribution in [0.15, 0.2) is 11.9 Å². The second-order valence-electron chi connectivity index (χ2n) is 1.38. The molecule has 0 aliphatic rings. The topological polar surface area (TPSA) is 60.4 Å². The molecule has 0 rings (SSSR count). The first-order chi connectivity index (χ1) is 4.95. The first-order valence-corrected chi connectivity index (χ1v) is 7.00. The highest BCUT2D eigenvalue weighted by molar-refractivity contribution is 7.78. The lowest BCUT2D eigenvalue weighted by Crippen LogP contribution is -1.96. The highest BCUT2D eigenvalue weighted by Gasteiger charge is 2.14. The maximum absolute atomic E-state index is 10.6. The van der Waals surface area contributed by atoms with Crippen LogP contribution in [0.2, 0.25) is 0 Å². The molecule has 0 aromatic carbocycles. The summed E-state index contributed by atoms with van der Waals surface area (Å²) in [7, 11) is -5.57. The molecule has 0 bridgehead atoms. The second kappa shape index (κ2) is 5.00. The van der Waals surface area contributed by atoms with Crippen LogP contribution in [0.1, 0.15) is 0 Å². The Morgan fingerprint density at radius 2 is 1.82 bits per heavy atom. The van der Waals surface area contributed by atoms with Gasteiger partial charge in [0, 0.05) is 0 Å². The minimum absolute atomic E-state index is 0.407. The first-order valence-electron chi connectivity index (χ1n) is 2.25. The van der Waals surface area contributed by atoms with Gasteiger partial charge in [0.25, 0.3) is 0 Å². The van der Waals surface area contributed by atoms with Gasteiger partial charge in [0.05, 0.1) is 0 Å². The molecule has 0 fully saturated rings. The normalized spacial score (nSPS) is 15.1. The van der Waals surface area contributed by atoms with Gasteiger partial charge < -0.3 is 9.09 Å². The third-order valence-corrected chi connectivity index (χ3v) is 2.60. The van der Waals surface area contributed by atoms with Crippen LogP contribution in [0.25, 0.3) is 0 Å². The maximum Gasteiger partial charge on any atom is 0.347 e. The Labute approximate surface area is 73.7 Å². The lowest BCUT2D eigenvalue weighted by atomic mass is 10.7. The van der Waals surface area contributed by atoms with Crippen molar-refractivity contribution in [3.05, 3.63) is 11.9 Å². The van der Waals surface area contributed by atoms with E-state index in [2.05, 4.69) is 11.1 Å². The van der Waals surface area contributed by atoms with E-state index in [9.17, 15) is 13.9 Å². The van der Waals surface area contributed by atoms with E-state index in [4.69, 9.17) is 22.5 Å². The van der Waals surface area contributed by atoms with Crippen LogP contribution in [0, 0.1) is 0 Å². The van der Waals surface area contributed by atoms with Gasteiger partial charge in [-0.2, -0.15) is 0 Å². The third-order valence-electron chi connectivity index (χ3n) is 0.657. The van der Waals surface area contributed by atoms with Crippen molar-refractivity contribution in [2.45, 2.75) is 0 Å². The number of hydrogen-bond donors (Lipinski definition) is 0. The van der Waals surface area contributed by atoms with Gasteiger partial charge in [-0.1, -0.05) is 17.8 Å². The van der Waals surface area contributed by atoms with Crippen LogP contribution >= 0.6 is 37.0 Å². The van der Waals surface area contributed by atoms with Crippen LogP contribution in [0.5, 0.6) is 0 Å². The predicted octanol–water partition coefficient (Wildman–Crippen LogP) is 2.39. The molecule has 0 N–H and O–H groups in total. The molecule has 0 spiro atoms. The van der Waals surface area contributed by atoms with Crippen molar-refractivity contribution in [1.82, 2.24) is 0 Å². The minimum atomic E-state index is -2.88. The molecule has 0 amide bonds. The molecule has 11 heavy (non-hydrogen) atoms. The quantitative estimate of drug-likeness (QED) is 0.558. The summed E-state index contributed by atoms with van der Waals surface area (Å²) in [5, 5.41) is -0.407. The highest BCUT2D eigenvalue weighted by atomic mass is 35.7. The zero-order valence-corrected chi connectivity index (χ0v) is 8.61. The predicted molar refractivity (Wildman–Crippen MR) is 44.9 cm³/mol. The number of carbonyl (C=O) groups is 1. The third kappa shape index (κ3) is 4.65. The maximum atomic E-state index is 10.6. The summed E-state index contributed by atoms with van der Waals surface area (Å²) < 4.78 is 24.5. The largest absolute Gasteiger partial charge is 0.398 e. The SMILES string of the molecule is C=C(C(=O)O[PH](=O)Cl)[PH](=O)Cl. The highest BCUT2D eigenvalue weighted by Crippen LogP contribution is 2.39. The molecule has 0 aromatic heterocycles. The van der Waals surface area contributed by atoms with Gasteiger partial charge in [-0.05, 0) is 11.2 Å². The van der Waals surface area contributed by atoms with Crippen LogP contribution in [0.4, 0.5) is 0 Å². The lowest BCUT2D eigenvalue weighted by molar-refractivity contribution is -0.128. The lowest BCUT2D eigenvalue weighted by Gasteiger charge is -1.97.